The monoisotopic (exact) mass is 309 g/mol. The Hall–Kier alpha value is -2.37. The fraction of sp³-hybridized carbons (Fsp3) is 0.333. The minimum atomic E-state index is -5.03. The number of alkyl halides is 5. The average Bonchev–Trinajstić information content (AvgIpc) is 2.37. The van der Waals surface area contributed by atoms with Crippen LogP contribution in [0.4, 0.5) is 22.0 Å². The van der Waals surface area contributed by atoms with Gasteiger partial charge >= 0.3 is 18.3 Å². The van der Waals surface area contributed by atoms with Crippen molar-refractivity contribution in [1.29, 1.82) is 5.26 Å². The van der Waals surface area contributed by atoms with Gasteiger partial charge in [-0.05, 0) is 25.1 Å². The summed E-state index contributed by atoms with van der Waals surface area (Å²) in [4.78, 5) is 10.9. The van der Waals surface area contributed by atoms with Crippen LogP contribution in [0.2, 0.25) is 0 Å². The van der Waals surface area contributed by atoms with Crippen LogP contribution in [0, 0.1) is 11.3 Å². The van der Waals surface area contributed by atoms with E-state index < -0.39 is 41.7 Å². The predicted molar refractivity (Wildman–Crippen MR) is 58.4 cm³/mol. The van der Waals surface area contributed by atoms with Crippen molar-refractivity contribution >= 4 is 5.97 Å². The number of carbonyl (C=O) groups is 1. The molecule has 114 valence electrons. The molecule has 0 amide bonds. The highest BCUT2D eigenvalue weighted by molar-refractivity contribution is 5.76. The molecule has 0 aliphatic heterocycles. The molecular weight excluding hydrogens is 301 g/mol. The lowest BCUT2D eigenvalue weighted by atomic mass is 10.1. The Bertz CT molecular complexity index is 577. The molecule has 0 saturated carbocycles. The number of carbonyl (C=O) groups excluding carboxylic acids is 1. The standard InChI is InChI=1S/C12H8F5NO3/c1-2-20-10(19)12(16,17)21-9-4-3-7(6-18)5-8(9)11(13,14)15/h3-5H,2H2,1H3. The van der Waals surface area contributed by atoms with Gasteiger partial charge in [-0.1, -0.05) is 0 Å². The fourth-order valence-corrected chi connectivity index (χ4v) is 1.30. The first-order chi connectivity index (χ1) is 9.61. The molecule has 0 unspecified atom stereocenters. The lowest BCUT2D eigenvalue weighted by molar-refractivity contribution is -0.218. The van der Waals surface area contributed by atoms with Crippen molar-refractivity contribution in [2.45, 2.75) is 19.2 Å². The maximum absolute atomic E-state index is 13.3. The summed E-state index contributed by atoms with van der Waals surface area (Å²) < 4.78 is 72.7. The summed E-state index contributed by atoms with van der Waals surface area (Å²) in [6, 6.07) is 3.17. The Balaban J connectivity index is 3.20. The highest BCUT2D eigenvalue weighted by Gasteiger charge is 2.46. The van der Waals surface area contributed by atoms with Crippen molar-refractivity contribution in [3.63, 3.8) is 0 Å². The number of nitrogens with zero attached hydrogens (tertiary/aromatic N) is 1. The molecule has 0 aliphatic carbocycles. The van der Waals surface area contributed by atoms with E-state index in [0.717, 1.165) is 6.07 Å². The molecule has 0 N–H and O–H groups in total. The van der Waals surface area contributed by atoms with Crippen LogP contribution < -0.4 is 4.74 Å². The third-order valence-corrected chi connectivity index (χ3v) is 2.17. The molecule has 1 aromatic carbocycles. The first kappa shape index (κ1) is 16.7. The number of esters is 1. The van der Waals surface area contributed by atoms with E-state index in [9.17, 15) is 26.7 Å². The molecule has 21 heavy (non-hydrogen) atoms. The van der Waals surface area contributed by atoms with Crippen molar-refractivity contribution in [1.82, 2.24) is 0 Å². The van der Waals surface area contributed by atoms with Crippen LogP contribution in [0.1, 0.15) is 18.1 Å². The van der Waals surface area contributed by atoms with E-state index in [1.807, 2.05) is 0 Å². The topological polar surface area (TPSA) is 59.3 Å². The highest BCUT2D eigenvalue weighted by atomic mass is 19.4. The zero-order valence-electron chi connectivity index (χ0n) is 10.5. The molecule has 0 fully saturated rings. The van der Waals surface area contributed by atoms with Gasteiger partial charge in [0, 0.05) is 0 Å². The van der Waals surface area contributed by atoms with Crippen LogP contribution in [-0.2, 0) is 15.7 Å². The number of hydrogen-bond donors (Lipinski definition) is 0. The Morgan fingerprint density at radius 3 is 2.38 bits per heavy atom. The summed E-state index contributed by atoms with van der Waals surface area (Å²) in [5.74, 6) is -3.39. The van der Waals surface area contributed by atoms with Crippen molar-refractivity contribution in [2.24, 2.45) is 0 Å². The molecule has 9 heteroatoms. The number of benzene rings is 1. The Morgan fingerprint density at radius 1 is 1.29 bits per heavy atom. The second kappa shape index (κ2) is 5.95. The summed E-state index contributed by atoms with van der Waals surface area (Å²) in [7, 11) is 0. The van der Waals surface area contributed by atoms with Gasteiger partial charge < -0.3 is 9.47 Å². The SMILES string of the molecule is CCOC(=O)C(F)(F)Oc1ccc(C#N)cc1C(F)(F)F. The van der Waals surface area contributed by atoms with E-state index in [0.29, 0.717) is 12.1 Å². The number of rotatable bonds is 4. The van der Waals surface area contributed by atoms with Crippen LogP contribution in [0.3, 0.4) is 0 Å². The number of halogens is 5. The number of hydrogen-bond acceptors (Lipinski definition) is 4. The van der Waals surface area contributed by atoms with Crippen LogP contribution in [-0.4, -0.2) is 18.7 Å². The third-order valence-electron chi connectivity index (χ3n) is 2.17. The molecule has 0 aliphatic rings. The zero-order valence-corrected chi connectivity index (χ0v) is 10.5. The maximum Gasteiger partial charge on any atom is 0.502 e. The Morgan fingerprint density at radius 2 is 1.90 bits per heavy atom. The molecule has 0 bridgehead atoms. The molecule has 4 nitrogen and oxygen atoms in total. The maximum atomic E-state index is 13.3. The molecule has 0 atom stereocenters. The van der Waals surface area contributed by atoms with Crippen LogP contribution >= 0.6 is 0 Å². The number of nitriles is 1. The van der Waals surface area contributed by atoms with Gasteiger partial charge in [0.05, 0.1) is 23.8 Å². The minimum Gasteiger partial charge on any atom is -0.459 e. The van der Waals surface area contributed by atoms with E-state index in [1.165, 1.54) is 13.0 Å². The quantitative estimate of drug-likeness (QED) is 0.633. The van der Waals surface area contributed by atoms with Gasteiger partial charge in [-0.25, -0.2) is 4.79 Å². The lowest BCUT2D eigenvalue weighted by Crippen LogP contribution is -2.37. The highest BCUT2D eigenvalue weighted by Crippen LogP contribution is 2.38. The van der Waals surface area contributed by atoms with Gasteiger partial charge in [-0.15, -0.1) is 0 Å². The van der Waals surface area contributed by atoms with Gasteiger partial charge in [0.25, 0.3) is 0 Å². The Labute approximate surface area is 115 Å². The van der Waals surface area contributed by atoms with Gasteiger partial charge in [0.1, 0.15) is 5.75 Å². The van der Waals surface area contributed by atoms with Gasteiger partial charge in [0.2, 0.25) is 0 Å². The van der Waals surface area contributed by atoms with Crippen LogP contribution in [0.15, 0.2) is 18.2 Å². The lowest BCUT2D eigenvalue weighted by Gasteiger charge is -2.19. The van der Waals surface area contributed by atoms with Gasteiger partial charge in [-0.3, -0.25) is 0 Å². The van der Waals surface area contributed by atoms with E-state index in [2.05, 4.69) is 9.47 Å². The second-order valence-corrected chi connectivity index (χ2v) is 3.66. The molecule has 1 rings (SSSR count). The fourth-order valence-electron chi connectivity index (χ4n) is 1.30. The average molecular weight is 309 g/mol. The molecular formula is C12H8F5NO3. The molecule has 0 saturated heterocycles. The summed E-state index contributed by atoms with van der Waals surface area (Å²) >= 11 is 0. The molecule has 0 spiro atoms. The molecule has 0 heterocycles. The summed E-state index contributed by atoms with van der Waals surface area (Å²) in [5.41, 5.74) is -1.99. The van der Waals surface area contributed by atoms with Gasteiger partial charge in [0.15, 0.2) is 0 Å². The molecule has 1 aromatic rings. The van der Waals surface area contributed by atoms with Crippen molar-refractivity contribution < 1.29 is 36.2 Å². The smallest absolute Gasteiger partial charge is 0.459 e. The Kier molecular flexibility index (Phi) is 4.73. The summed E-state index contributed by atoms with van der Waals surface area (Å²) in [5, 5.41) is 8.53. The van der Waals surface area contributed by atoms with Crippen molar-refractivity contribution in [3.8, 4) is 11.8 Å². The normalized spacial score (nSPS) is 11.7. The van der Waals surface area contributed by atoms with E-state index in [1.54, 1.807) is 0 Å². The largest absolute Gasteiger partial charge is 0.502 e. The first-order valence-corrected chi connectivity index (χ1v) is 5.47. The van der Waals surface area contributed by atoms with Crippen molar-refractivity contribution in [3.05, 3.63) is 29.3 Å². The second-order valence-electron chi connectivity index (χ2n) is 3.66. The summed E-state index contributed by atoms with van der Waals surface area (Å²) in [6.45, 7) is 0.855. The van der Waals surface area contributed by atoms with Crippen LogP contribution in [0.25, 0.3) is 0 Å². The first-order valence-electron chi connectivity index (χ1n) is 5.47. The predicted octanol–water partition coefficient (Wildman–Crippen LogP) is 3.11. The molecule has 0 aromatic heterocycles. The van der Waals surface area contributed by atoms with E-state index >= 15 is 0 Å². The van der Waals surface area contributed by atoms with E-state index in [-0.39, 0.29) is 0 Å². The third kappa shape index (κ3) is 4.05. The van der Waals surface area contributed by atoms with Gasteiger partial charge in [-0.2, -0.15) is 27.2 Å². The summed E-state index contributed by atoms with van der Waals surface area (Å²) in [6.07, 6.45) is -9.61. The number of ether oxygens (including phenoxy) is 2. The van der Waals surface area contributed by atoms with Crippen LogP contribution in [0.5, 0.6) is 5.75 Å². The minimum absolute atomic E-state index is 0.344. The zero-order chi connectivity index (χ0) is 16.3. The van der Waals surface area contributed by atoms with Crippen molar-refractivity contribution in [2.75, 3.05) is 6.61 Å². The van der Waals surface area contributed by atoms with E-state index in [4.69, 9.17) is 5.26 Å². The molecule has 0 radical (unpaired) electrons.